The second-order valence-electron chi connectivity index (χ2n) is 6.52. The Kier molecular flexibility index (Phi) is 4.39. The molecule has 1 amide bonds. The molecule has 2 aliphatic rings. The van der Waals surface area contributed by atoms with Gasteiger partial charge >= 0.3 is 0 Å². The molecule has 0 unspecified atom stereocenters. The van der Waals surface area contributed by atoms with Gasteiger partial charge in [-0.25, -0.2) is 4.98 Å². The first kappa shape index (κ1) is 15.8. The van der Waals surface area contributed by atoms with Crippen LogP contribution in [-0.4, -0.2) is 41.6 Å². The summed E-state index contributed by atoms with van der Waals surface area (Å²) >= 11 is 1.69. The number of ether oxygens (including phenoxy) is 1. The molecule has 0 saturated carbocycles. The lowest BCUT2D eigenvalue weighted by atomic mass is 9.92. The molecule has 0 aliphatic carbocycles. The van der Waals surface area contributed by atoms with Gasteiger partial charge in [0.25, 0.3) is 0 Å². The molecule has 3 atom stereocenters. The highest BCUT2D eigenvalue weighted by molar-refractivity contribution is 7.09. The standard InChI is InChI=1S/C17H21N3O3S/c1-11-10-24-16(19-11)8-20-6-13-14(9-23-15(13)7-20)17(21)18-5-12-3-2-4-22-12/h2-4,10,13-15H,5-9H2,1H3,(H,18,21)/t13-,14+,15-/m1/s1. The van der Waals surface area contributed by atoms with Crippen LogP contribution in [0.2, 0.25) is 0 Å². The van der Waals surface area contributed by atoms with E-state index in [1.54, 1.807) is 17.6 Å². The van der Waals surface area contributed by atoms with Crippen molar-refractivity contribution in [3.05, 3.63) is 40.2 Å². The van der Waals surface area contributed by atoms with E-state index in [2.05, 4.69) is 20.6 Å². The number of likely N-dealkylation sites (tertiary alicyclic amines) is 1. The molecule has 2 aromatic heterocycles. The summed E-state index contributed by atoms with van der Waals surface area (Å²) in [5, 5.41) is 6.17. The number of hydrogen-bond donors (Lipinski definition) is 1. The van der Waals surface area contributed by atoms with Crippen molar-refractivity contribution in [1.82, 2.24) is 15.2 Å². The van der Waals surface area contributed by atoms with Crippen molar-refractivity contribution in [2.75, 3.05) is 19.7 Å². The number of aromatic nitrogens is 1. The zero-order chi connectivity index (χ0) is 16.5. The van der Waals surface area contributed by atoms with Crippen LogP contribution in [0.5, 0.6) is 0 Å². The Morgan fingerprint density at radius 3 is 3.17 bits per heavy atom. The van der Waals surface area contributed by atoms with E-state index in [4.69, 9.17) is 9.15 Å². The minimum absolute atomic E-state index is 0.0610. The zero-order valence-electron chi connectivity index (χ0n) is 13.6. The highest BCUT2D eigenvalue weighted by Crippen LogP contribution is 2.34. The van der Waals surface area contributed by atoms with E-state index < -0.39 is 0 Å². The Morgan fingerprint density at radius 1 is 1.50 bits per heavy atom. The van der Waals surface area contributed by atoms with Crippen LogP contribution >= 0.6 is 11.3 Å². The molecule has 128 valence electrons. The average molecular weight is 347 g/mol. The van der Waals surface area contributed by atoms with Gasteiger partial charge in [-0.15, -0.1) is 11.3 Å². The SMILES string of the molecule is Cc1csc(CN2C[C@@H]3[C@@H](C(=O)NCc4ccco4)CO[C@@H]3C2)n1. The molecular weight excluding hydrogens is 326 g/mol. The molecule has 6 nitrogen and oxygen atoms in total. The lowest BCUT2D eigenvalue weighted by Crippen LogP contribution is -2.36. The third-order valence-electron chi connectivity index (χ3n) is 4.77. The fraction of sp³-hybridized carbons (Fsp3) is 0.529. The van der Waals surface area contributed by atoms with Crippen LogP contribution in [0.4, 0.5) is 0 Å². The van der Waals surface area contributed by atoms with Crippen molar-refractivity contribution < 1.29 is 13.9 Å². The number of hydrogen-bond acceptors (Lipinski definition) is 6. The molecule has 1 N–H and O–H groups in total. The number of furan rings is 1. The average Bonchev–Trinajstić information content (AvgIpc) is 3.30. The second kappa shape index (κ2) is 6.66. The summed E-state index contributed by atoms with van der Waals surface area (Å²) in [6, 6.07) is 3.69. The number of fused-ring (bicyclic) bond motifs is 1. The van der Waals surface area contributed by atoms with Gasteiger partial charge in [0.15, 0.2) is 0 Å². The number of carbonyl (C=O) groups excluding carboxylic acids is 1. The molecule has 7 heteroatoms. The minimum Gasteiger partial charge on any atom is -0.467 e. The predicted molar refractivity (Wildman–Crippen MR) is 89.4 cm³/mol. The van der Waals surface area contributed by atoms with E-state index in [-0.39, 0.29) is 23.8 Å². The van der Waals surface area contributed by atoms with E-state index >= 15 is 0 Å². The highest BCUT2D eigenvalue weighted by Gasteiger charge is 2.46. The Balaban J connectivity index is 1.33. The van der Waals surface area contributed by atoms with Gasteiger partial charge in [-0.05, 0) is 19.1 Å². The molecule has 0 radical (unpaired) electrons. The Hall–Kier alpha value is -1.70. The lowest BCUT2D eigenvalue weighted by molar-refractivity contribution is -0.126. The van der Waals surface area contributed by atoms with Crippen LogP contribution in [0, 0.1) is 18.8 Å². The van der Waals surface area contributed by atoms with Crippen molar-refractivity contribution >= 4 is 17.2 Å². The maximum atomic E-state index is 12.5. The molecule has 0 spiro atoms. The second-order valence-corrected chi connectivity index (χ2v) is 7.46. The molecule has 0 bridgehead atoms. The number of nitrogens with zero attached hydrogens (tertiary/aromatic N) is 2. The summed E-state index contributed by atoms with van der Waals surface area (Å²) in [4.78, 5) is 19.4. The van der Waals surface area contributed by atoms with Crippen molar-refractivity contribution in [1.29, 1.82) is 0 Å². The predicted octanol–water partition coefficient (Wildman–Crippen LogP) is 1.81. The van der Waals surface area contributed by atoms with Crippen molar-refractivity contribution in [2.24, 2.45) is 11.8 Å². The van der Waals surface area contributed by atoms with Gasteiger partial charge in [-0.3, -0.25) is 9.69 Å². The van der Waals surface area contributed by atoms with Crippen LogP contribution in [0.15, 0.2) is 28.2 Å². The van der Waals surface area contributed by atoms with Gasteiger partial charge < -0.3 is 14.5 Å². The first-order valence-corrected chi connectivity index (χ1v) is 9.12. The lowest BCUT2D eigenvalue weighted by Gasteiger charge is -2.18. The fourth-order valence-electron chi connectivity index (χ4n) is 3.58. The van der Waals surface area contributed by atoms with Crippen LogP contribution in [0.25, 0.3) is 0 Å². The molecule has 4 heterocycles. The van der Waals surface area contributed by atoms with Crippen LogP contribution < -0.4 is 5.32 Å². The van der Waals surface area contributed by atoms with E-state index in [1.807, 2.05) is 19.1 Å². The molecule has 24 heavy (non-hydrogen) atoms. The maximum Gasteiger partial charge on any atom is 0.226 e. The van der Waals surface area contributed by atoms with Crippen LogP contribution in [-0.2, 0) is 22.6 Å². The Bertz CT molecular complexity index is 700. The molecular formula is C17H21N3O3S. The smallest absolute Gasteiger partial charge is 0.226 e. The monoisotopic (exact) mass is 347 g/mol. The van der Waals surface area contributed by atoms with Crippen molar-refractivity contribution in [3.63, 3.8) is 0 Å². The number of amides is 1. The Morgan fingerprint density at radius 2 is 2.42 bits per heavy atom. The van der Waals surface area contributed by atoms with Crippen LogP contribution in [0.1, 0.15) is 16.5 Å². The Labute approximate surface area is 144 Å². The minimum atomic E-state index is -0.0759. The van der Waals surface area contributed by atoms with E-state index in [9.17, 15) is 4.79 Å². The van der Waals surface area contributed by atoms with E-state index in [0.717, 1.165) is 36.1 Å². The molecule has 2 aromatic rings. The summed E-state index contributed by atoms with van der Waals surface area (Å²) in [5.41, 5.74) is 1.07. The zero-order valence-corrected chi connectivity index (χ0v) is 14.4. The van der Waals surface area contributed by atoms with Crippen LogP contribution in [0.3, 0.4) is 0 Å². The summed E-state index contributed by atoms with van der Waals surface area (Å²) in [7, 11) is 0. The van der Waals surface area contributed by atoms with E-state index in [0.29, 0.717) is 13.2 Å². The molecule has 2 aliphatic heterocycles. The highest BCUT2D eigenvalue weighted by atomic mass is 32.1. The maximum absolute atomic E-state index is 12.5. The van der Waals surface area contributed by atoms with Gasteiger partial charge in [0.05, 0.1) is 38.0 Å². The first-order chi connectivity index (χ1) is 11.7. The number of carbonyl (C=O) groups is 1. The summed E-state index contributed by atoms with van der Waals surface area (Å²) in [5.74, 6) is 1.02. The molecule has 0 aromatic carbocycles. The molecule has 2 saturated heterocycles. The quantitative estimate of drug-likeness (QED) is 0.893. The van der Waals surface area contributed by atoms with Crippen molar-refractivity contribution in [3.8, 4) is 0 Å². The number of aryl methyl sites for hydroxylation is 1. The van der Waals surface area contributed by atoms with Gasteiger partial charge in [0.2, 0.25) is 5.91 Å². The summed E-state index contributed by atoms with van der Waals surface area (Å²) in [6.07, 6.45) is 1.77. The van der Waals surface area contributed by atoms with Gasteiger partial charge in [-0.2, -0.15) is 0 Å². The normalized spacial score (nSPS) is 26.6. The van der Waals surface area contributed by atoms with Crippen molar-refractivity contribution in [2.45, 2.75) is 26.1 Å². The number of rotatable bonds is 5. The third kappa shape index (κ3) is 3.24. The molecule has 4 rings (SSSR count). The topological polar surface area (TPSA) is 67.6 Å². The van der Waals surface area contributed by atoms with Gasteiger partial charge in [0, 0.05) is 30.1 Å². The fourth-order valence-corrected chi connectivity index (χ4v) is 4.39. The van der Waals surface area contributed by atoms with Gasteiger partial charge in [0.1, 0.15) is 10.8 Å². The van der Waals surface area contributed by atoms with E-state index in [1.165, 1.54) is 0 Å². The first-order valence-electron chi connectivity index (χ1n) is 8.24. The summed E-state index contributed by atoms with van der Waals surface area (Å²) in [6.45, 7) is 5.58. The largest absolute Gasteiger partial charge is 0.467 e. The third-order valence-corrected chi connectivity index (χ3v) is 5.72. The van der Waals surface area contributed by atoms with Gasteiger partial charge in [-0.1, -0.05) is 0 Å². The summed E-state index contributed by atoms with van der Waals surface area (Å²) < 4.78 is 11.1. The molecule has 2 fully saturated rings. The number of thiazole rings is 1. The number of nitrogens with one attached hydrogen (secondary N) is 1.